The van der Waals surface area contributed by atoms with E-state index in [9.17, 15) is 4.79 Å². The van der Waals surface area contributed by atoms with Crippen LogP contribution in [0.1, 0.15) is 65.5 Å². The van der Waals surface area contributed by atoms with Gasteiger partial charge in [0.2, 0.25) is 6.41 Å². The van der Waals surface area contributed by atoms with Gasteiger partial charge in [0.15, 0.2) is 0 Å². The molecular weight excluding hydrogens is 357 g/mol. The summed E-state index contributed by atoms with van der Waals surface area (Å²) in [6.45, 7) is 10.9. The lowest BCUT2D eigenvalue weighted by molar-refractivity contribution is -0.109. The second-order valence-electron chi connectivity index (χ2n) is 8.38. The first-order chi connectivity index (χ1) is 13.2. The molecule has 7 heteroatoms. The Morgan fingerprint density at radius 1 is 1.14 bits per heavy atom. The van der Waals surface area contributed by atoms with Gasteiger partial charge in [-0.2, -0.15) is 0 Å². The van der Waals surface area contributed by atoms with Crippen molar-refractivity contribution in [1.29, 1.82) is 0 Å². The minimum Gasteiger partial charge on any atom is -0.399 e. The first kappa shape index (κ1) is 22.9. The average molecular weight is 391 g/mol. The lowest BCUT2D eigenvalue weighted by Crippen LogP contribution is -2.41. The van der Waals surface area contributed by atoms with Crippen LogP contribution in [0.3, 0.4) is 0 Å². The van der Waals surface area contributed by atoms with Gasteiger partial charge in [0, 0.05) is 13.2 Å². The van der Waals surface area contributed by atoms with E-state index < -0.39 is 0 Å². The Bertz CT molecular complexity index is 604. The molecule has 1 aliphatic heterocycles. The summed E-state index contributed by atoms with van der Waals surface area (Å²) in [7, 11) is -0.373. The zero-order valence-corrected chi connectivity index (χ0v) is 17.7. The summed E-state index contributed by atoms with van der Waals surface area (Å²) in [6.07, 6.45) is 2.74. The molecule has 0 saturated carbocycles. The molecule has 2 atom stereocenters. The van der Waals surface area contributed by atoms with Crippen molar-refractivity contribution in [2.24, 2.45) is 0 Å². The number of ether oxygens (including phenoxy) is 1. The molecule has 2 rings (SSSR count). The second kappa shape index (κ2) is 9.88. The smallest absolute Gasteiger partial charge is 0.399 e. The van der Waals surface area contributed by atoms with Crippen molar-refractivity contribution in [2.45, 2.75) is 77.3 Å². The van der Waals surface area contributed by atoms with Crippen LogP contribution in [0.15, 0.2) is 24.3 Å². The van der Waals surface area contributed by atoms with Crippen LogP contribution in [0.5, 0.6) is 0 Å². The summed E-state index contributed by atoms with van der Waals surface area (Å²) < 4.78 is 18.4. The average Bonchev–Trinajstić information content (AvgIpc) is 2.87. The highest BCUT2D eigenvalue weighted by Crippen LogP contribution is 2.36. The first-order valence-electron chi connectivity index (χ1n) is 10.1. The van der Waals surface area contributed by atoms with E-state index in [0.717, 1.165) is 23.9 Å². The van der Waals surface area contributed by atoms with Gasteiger partial charge in [0.05, 0.1) is 23.4 Å². The molecule has 6 nitrogen and oxygen atoms in total. The lowest BCUT2D eigenvalue weighted by atomic mass is 9.78. The van der Waals surface area contributed by atoms with Gasteiger partial charge < -0.3 is 24.5 Å². The van der Waals surface area contributed by atoms with Gasteiger partial charge in [0.1, 0.15) is 0 Å². The van der Waals surface area contributed by atoms with Gasteiger partial charge in [-0.15, -0.1) is 0 Å². The van der Waals surface area contributed by atoms with Gasteiger partial charge in [-0.3, -0.25) is 4.79 Å². The molecule has 28 heavy (non-hydrogen) atoms. The highest BCUT2D eigenvalue weighted by atomic mass is 16.7. The van der Waals surface area contributed by atoms with E-state index in [1.54, 1.807) is 0 Å². The van der Waals surface area contributed by atoms with E-state index in [1.807, 2.05) is 58.9 Å². The zero-order valence-electron chi connectivity index (χ0n) is 17.7. The van der Waals surface area contributed by atoms with E-state index in [1.165, 1.54) is 0 Å². The van der Waals surface area contributed by atoms with Crippen molar-refractivity contribution in [3.8, 4) is 0 Å². The predicted molar refractivity (Wildman–Crippen MR) is 110 cm³/mol. The fourth-order valence-corrected chi connectivity index (χ4v) is 3.17. The second-order valence-corrected chi connectivity index (χ2v) is 8.38. The Balaban J connectivity index is 1.98. The Morgan fingerprint density at radius 2 is 1.75 bits per heavy atom. The molecule has 2 unspecified atom stereocenters. The van der Waals surface area contributed by atoms with Gasteiger partial charge in [-0.1, -0.05) is 24.3 Å². The SMILES string of the molecule is CC(OC(CCCO)CCNC=O)c1ccc(B2OC(C)(C)C(C)(C)O2)cc1. The molecule has 1 heterocycles. The monoisotopic (exact) mass is 391 g/mol. The Kier molecular flexibility index (Phi) is 8.07. The molecule has 1 saturated heterocycles. The molecule has 1 amide bonds. The summed E-state index contributed by atoms with van der Waals surface area (Å²) in [4.78, 5) is 10.5. The van der Waals surface area contributed by atoms with Gasteiger partial charge in [0.25, 0.3) is 0 Å². The number of carbonyl (C=O) groups is 1. The largest absolute Gasteiger partial charge is 0.494 e. The fraction of sp³-hybridized carbons (Fsp3) is 0.667. The third kappa shape index (κ3) is 5.80. The number of hydrogen-bond donors (Lipinski definition) is 2. The number of aliphatic hydroxyl groups is 1. The van der Waals surface area contributed by atoms with Crippen LogP contribution in [-0.4, -0.2) is 49.1 Å². The van der Waals surface area contributed by atoms with Crippen LogP contribution in [0.2, 0.25) is 0 Å². The molecule has 0 aromatic heterocycles. The minimum atomic E-state index is -0.373. The number of rotatable bonds is 11. The van der Waals surface area contributed by atoms with Crippen molar-refractivity contribution in [3.05, 3.63) is 29.8 Å². The van der Waals surface area contributed by atoms with Crippen LogP contribution in [0, 0.1) is 0 Å². The van der Waals surface area contributed by atoms with Crippen LogP contribution < -0.4 is 10.8 Å². The normalized spacial score (nSPS) is 20.0. The van der Waals surface area contributed by atoms with E-state index in [4.69, 9.17) is 19.2 Å². The van der Waals surface area contributed by atoms with Crippen molar-refractivity contribution in [3.63, 3.8) is 0 Å². The predicted octanol–water partition coefficient (Wildman–Crippen LogP) is 2.34. The molecule has 0 spiro atoms. The lowest BCUT2D eigenvalue weighted by Gasteiger charge is -2.32. The van der Waals surface area contributed by atoms with Crippen molar-refractivity contribution < 1.29 is 23.9 Å². The van der Waals surface area contributed by atoms with E-state index >= 15 is 0 Å². The number of aliphatic hydroxyl groups excluding tert-OH is 1. The fourth-order valence-electron chi connectivity index (χ4n) is 3.17. The summed E-state index contributed by atoms with van der Waals surface area (Å²) in [6, 6.07) is 8.12. The van der Waals surface area contributed by atoms with Crippen LogP contribution in [-0.2, 0) is 18.8 Å². The maximum absolute atomic E-state index is 10.5. The molecule has 1 aliphatic rings. The Morgan fingerprint density at radius 3 is 2.29 bits per heavy atom. The van der Waals surface area contributed by atoms with Crippen molar-refractivity contribution >= 4 is 19.0 Å². The Labute approximate surface area is 169 Å². The third-order valence-electron chi connectivity index (χ3n) is 5.71. The number of carbonyl (C=O) groups excluding carboxylic acids is 1. The van der Waals surface area contributed by atoms with Gasteiger partial charge in [-0.05, 0) is 64.9 Å². The van der Waals surface area contributed by atoms with Crippen molar-refractivity contribution in [2.75, 3.05) is 13.2 Å². The molecule has 2 N–H and O–H groups in total. The maximum atomic E-state index is 10.5. The number of amides is 1. The number of benzene rings is 1. The van der Waals surface area contributed by atoms with Crippen LogP contribution in [0.4, 0.5) is 0 Å². The topological polar surface area (TPSA) is 77.0 Å². The van der Waals surface area contributed by atoms with Gasteiger partial charge in [-0.25, -0.2) is 0 Å². The molecule has 1 aromatic carbocycles. The molecule has 0 aliphatic carbocycles. The third-order valence-corrected chi connectivity index (χ3v) is 5.71. The summed E-state index contributed by atoms with van der Waals surface area (Å²) in [5.74, 6) is 0. The molecule has 0 bridgehead atoms. The maximum Gasteiger partial charge on any atom is 0.494 e. The minimum absolute atomic E-state index is 0.0163. The zero-order chi connectivity index (χ0) is 20.8. The summed E-state index contributed by atoms with van der Waals surface area (Å²) >= 11 is 0. The number of nitrogens with one attached hydrogen (secondary N) is 1. The van der Waals surface area contributed by atoms with Crippen LogP contribution in [0.25, 0.3) is 0 Å². The quantitative estimate of drug-likeness (QED) is 0.344. The van der Waals surface area contributed by atoms with Gasteiger partial charge >= 0.3 is 7.12 Å². The molecule has 156 valence electrons. The molecule has 0 radical (unpaired) electrons. The molecule has 1 aromatic rings. The number of hydrogen-bond acceptors (Lipinski definition) is 5. The van der Waals surface area contributed by atoms with Crippen molar-refractivity contribution in [1.82, 2.24) is 5.32 Å². The highest BCUT2D eigenvalue weighted by Gasteiger charge is 2.51. The standard InChI is InChI=1S/C21H34BNO5/c1-16(26-19(7-6-14-24)12-13-23-15-25)17-8-10-18(11-9-17)22-27-20(2,3)21(4,5)28-22/h8-11,15-16,19,24H,6-7,12-14H2,1-5H3,(H,23,25). The Hall–Kier alpha value is -1.41. The van der Waals surface area contributed by atoms with E-state index in [2.05, 4.69) is 5.32 Å². The van der Waals surface area contributed by atoms with E-state index in [0.29, 0.717) is 19.4 Å². The summed E-state index contributed by atoms with van der Waals surface area (Å²) in [5.41, 5.74) is 1.34. The first-order valence-corrected chi connectivity index (χ1v) is 10.1. The summed E-state index contributed by atoms with van der Waals surface area (Å²) in [5, 5.41) is 11.8. The highest BCUT2D eigenvalue weighted by molar-refractivity contribution is 6.62. The van der Waals surface area contributed by atoms with E-state index in [-0.39, 0.29) is 37.1 Å². The van der Waals surface area contributed by atoms with Crippen LogP contribution >= 0.6 is 0 Å². The molecule has 1 fully saturated rings. The molecular formula is C21H34BNO5.